The summed E-state index contributed by atoms with van der Waals surface area (Å²) in [5.41, 5.74) is 6.88. The number of nitrogens with one attached hydrogen (secondary N) is 1. The Morgan fingerprint density at radius 2 is 1.97 bits per heavy atom. The molecule has 0 bridgehead atoms. The average Bonchev–Trinajstić information content (AvgIpc) is 2.86. The molecule has 2 aromatic heterocycles. The second-order valence-electron chi connectivity index (χ2n) is 10.2. The number of carbonyl (C=O) groups is 1. The zero-order valence-electron chi connectivity index (χ0n) is 21.6. The highest BCUT2D eigenvalue weighted by Gasteiger charge is 2.31. The molecule has 0 saturated heterocycles. The third-order valence-electron chi connectivity index (χ3n) is 7.53. The minimum atomic E-state index is -0.480. The largest absolute Gasteiger partial charge is 0.417 e. The Bertz CT molecular complexity index is 1270. The number of allylic oxidation sites excluding steroid dienone is 1. The molecule has 1 amide bonds. The molecular formula is C28H34FN5O2. The summed E-state index contributed by atoms with van der Waals surface area (Å²) < 4.78 is 22.3. The number of aryl methyl sites for hydroxylation is 1. The predicted octanol–water partition coefficient (Wildman–Crippen LogP) is 4.91. The second-order valence-corrected chi connectivity index (χ2v) is 10.2. The molecule has 8 heteroatoms. The van der Waals surface area contributed by atoms with Crippen molar-refractivity contribution in [3.63, 3.8) is 0 Å². The number of aromatic nitrogens is 3. The molecule has 0 fully saturated rings. The number of carbonyl (C=O) groups excluding carboxylic acids is 1. The van der Waals surface area contributed by atoms with E-state index in [4.69, 9.17) is 4.74 Å². The summed E-state index contributed by atoms with van der Waals surface area (Å²) in [6.07, 6.45) is 7.68. The van der Waals surface area contributed by atoms with Gasteiger partial charge < -0.3 is 10.1 Å². The van der Waals surface area contributed by atoms with E-state index in [1.165, 1.54) is 6.33 Å². The Kier molecular flexibility index (Phi) is 6.88. The number of rotatable bonds is 6. The summed E-state index contributed by atoms with van der Waals surface area (Å²) in [5.74, 6) is -0.255. The number of hydrogen-bond donors (Lipinski definition) is 1. The fourth-order valence-electron chi connectivity index (χ4n) is 5.58. The van der Waals surface area contributed by atoms with E-state index in [-0.39, 0.29) is 11.8 Å². The van der Waals surface area contributed by atoms with Gasteiger partial charge in [0.05, 0.1) is 11.3 Å². The first kappa shape index (κ1) is 24.6. The zero-order valence-corrected chi connectivity index (χ0v) is 21.6. The van der Waals surface area contributed by atoms with Crippen LogP contribution in [0.4, 0.5) is 4.39 Å². The topological polar surface area (TPSA) is 80.2 Å². The SMILES string of the molecule is CCCC1=C(C2=C(C)CCNC2=O)CCc2cnc(Oc3ncnc4c3CN(C(C)C)CC4)c(F)c21. The summed E-state index contributed by atoms with van der Waals surface area (Å²) >= 11 is 0. The highest BCUT2D eigenvalue weighted by Crippen LogP contribution is 2.42. The lowest BCUT2D eigenvalue weighted by molar-refractivity contribution is -0.117. The normalized spacial score (nSPS) is 18.3. The Labute approximate surface area is 211 Å². The number of hydrogen-bond acceptors (Lipinski definition) is 6. The third-order valence-corrected chi connectivity index (χ3v) is 7.53. The maximum atomic E-state index is 16.2. The van der Waals surface area contributed by atoms with Crippen LogP contribution in [0.25, 0.3) is 5.57 Å². The first-order chi connectivity index (χ1) is 17.4. The van der Waals surface area contributed by atoms with E-state index in [2.05, 4.69) is 45.9 Å². The summed E-state index contributed by atoms with van der Waals surface area (Å²) in [5, 5.41) is 2.97. The van der Waals surface area contributed by atoms with E-state index in [1.54, 1.807) is 6.20 Å². The van der Waals surface area contributed by atoms with E-state index < -0.39 is 5.82 Å². The smallest absolute Gasteiger partial charge is 0.258 e. The third kappa shape index (κ3) is 4.43. The number of ether oxygens (including phenoxy) is 1. The van der Waals surface area contributed by atoms with E-state index in [0.29, 0.717) is 49.8 Å². The molecule has 2 aliphatic heterocycles. The van der Waals surface area contributed by atoms with Gasteiger partial charge in [0, 0.05) is 49.4 Å². The lowest BCUT2D eigenvalue weighted by atomic mass is 9.79. The fraction of sp³-hybridized carbons (Fsp3) is 0.500. The van der Waals surface area contributed by atoms with Gasteiger partial charge in [-0.2, -0.15) is 0 Å². The number of nitrogens with zero attached hydrogens (tertiary/aromatic N) is 4. The van der Waals surface area contributed by atoms with E-state index in [0.717, 1.165) is 64.9 Å². The van der Waals surface area contributed by atoms with Crippen molar-refractivity contribution < 1.29 is 13.9 Å². The van der Waals surface area contributed by atoms with Gasteiger partial charge in [-0.25, -0.2) is 19.3 Å². The standard InChI is InChI=1S/C28H34FN5O2/c1-5-6-19-20(23-17(4)9-11-30-26(23)35)8-7-18-13-31-28(25(29)24(18)19)36-27-21-14-34(16(2)3)12-10-22(21)32-15-33-27/h13,15-16H,5-12,14H2,1-4H3,(H,30,35). The molecule has 1 N–H and O–H groups in total. The maximum Gasteiger partial charge on any atom is 0.258 e. The minimum absolute atomic E-state index is 0.0564. The number of pyridine rings is 1. The van der Waals surface area contributed by atoms with Gasteiger partial charge >= 0.3 is 0 Å². The van der Waals surface area contributed by atoms with Crippen LogP contribution in [0.15, 0.2) is 29.2 Å². The lowest BCUT2D eigenvalue weighted by Crippen LogP contribution is -2.36. The molecule has 0 spiro atoms. The molecule has 0 saturated carbocycles. The molecule has 4 heterocycles. The van der Waals surface area contributed by atoms with Crippen LogP contribution in [0, 0.1) is 5.82 Å². The Morgan fingerprint density at radius 1 is 1.14 bits per heavy atom. The molecule has 0 radical (unpaired) electrons. The van der Waals surface area contributed by atoms with Crippen molar-refractivity contribution in [1.29, 1.82) is 0 Å². The lowest BCUT2D eigenvalue weighted by Gasteiger charge is -2.31. The van der Waals surface area contributed by atoms with E-state index in [1.807, 2.05) is 6.92 Å². The average molecular weight is 492 g/mol. The van der Waals surface area contributed by atoms with Crippen LogP contribution in [0.3, 0.4) is 0 Å². The van der Waals surface area contributed by atoms with Gasteiger partial charge in [-0.1, -0.05) is 18.9 Å². The van der Waals surface area contributed by atoms with Gasteiger partial charge in [-0.15, -0.1) is 0 Å². The molecule has 0 aromatic carbocycles. The maximum absolute atomic E-state index is 16.2. The molecule has 7 nitrogen and oxygen atoms in total. The fourth-order valence-corrected chi connectivity index (χ4v) is 5.58. The molecule has 2 aromatic rings. The van der Waals surface area contributed by atoms with Gasteiger partial charge in [-0.3, -0.25) is 9.69 Å². The Balaban J connectivity index is 1.57. The van der Waals surface area contributed by atoms with Gasteiger partial charge in [0.2, 0.25) is 5.88 Å². The van der Waals surface area contributed by atoms with Crippen molar-refractivity contribution in [2.24, 2.45) is 0 Å². The molecule has 1 aliphatic carbocycles. The molecular weight excluding hydrogens is 457 g/mol. The molecule has 3 aliphatic rings. The summed E-state index contributed by atoms with van der Waals surface area (Å²) in [7, 11) is 0. The molecule has 5 rings (SSSR count). The quantitative estimate of drug-likeness (QED) is 0.619. The Morgan fingerprint density at radius 3 is 2.72 bits per heavy atom. The van der Waals surface area contributed by atoms with Crippen LogP contribution in [0.2, 0.25) is 0 Å². The Hall–Kier alpha value is -3.13. The van der Waals surface area contributed by atoms with Gasteiger partial charge in [-0.05, 0) is 63.2 Å². The van der Waals surface area contributed by atoms with Crippen molar-refractivity contribution in [2.75, 3.05) is 13.1 Å². The van der Waals surface area contributed by atoms with Crippen LogP contribution in [0.5, 0.6) is 11.8 Å². The predicted molar refractivity (Wildman–Crippen MR) is 136 cm³/mol. The minimum Gasteiger partial charge on any atom is -0.417 e. The van der Waals surface area contributed by atoms with Crippen LogP contribution in [-0.2, 0) is 24.2 Å². The summed E-state index contributed by atoms with van der Waals surface area (Å²) in [6, 6.07) is 0.375. The zero-order chi connectivity index (χ0) is 25.4. The van der Waals surface area contributed by atoms with Gasteiger partial charge in [0.25, 0.3) is 11.8 Å². The number of halogens is 1. The first-order valence-electron chi connectivity index (χ1n) is 13.0. The van der Waals surface area contributed by atoms with Crippen LogP contribution < -0.4 is 10.1 Å². The van der Waals surface area contributed by atoms with Crippen LogP contribution >= 0.6 is 0 Å². The van der Waals surface area contributed by atoms with Crippen molar-refractivity contribution in [3.8, 4) is 11.8 Å². The number of fused-ring (bicyclic) bond motifs is 2. The monoisotopic (exact) mass is 491 g/mol. The first-order valence-corrected chi connectivity index (χ1v) is 13.0. The summed E-state index contributed by atoms with van der Waals surface area (Å²) in [6.45, 7) is 10.6. The highest BCUT2D eigenvalue weighted by molar-refractivity contribution is 6.02. The molecule has 36 heavy (non-hydrogen) atoms. The van der Waals surface area contributed by atoms with Gasteiger partial charge in [0.1, 0.15) is 6.33 Å². The van der Waals surface area contributed by atoms with Crippen LogP contribution in [0.1, 0.15) is 75.8 Å². The van der Waals surface area contributed by atoms with Crippen LogP contribution in [-0.4, -0.2) is 44.9 Å². The second kappa shape index (κ2) is 10.1. The molecule has 0 atom stereocenters. The van der Waals surface area contributed by atoms with Crippen molar-refractivity contribution >= 4 is 11.5 Å². The van der Waals surface area contributed by atoms with E-state index >= 15 is 4.39 Å². The van der Waals surface area contributed by atoms with Crippen molar-refractivity contribution in [2.45, 2.75) is 78.8 Å². The van der Waals surface area contributed by atoms with Crippen molar-refractivity contribution in [1.82, 2.24) is 25.2 Å². The molecule has 0 unspecified atom stereocenters. The van der Waals surface area contributed by atoms with Gasteiger partial charge in [0.15, 0.2) is 5.82 Å². The van der Waals surface area contributed by atoms with E-state index in [9.17, 15) is 4.79 Å². The number of amides is 1. The highest BCUT2D eigenvalue weighted by atomic mass is 19.1. The molecule has 190 valence electrons. The summed E-state index contributed by atoms with van der Waals surface area (Å²) in [4.78, 5) is 28.3. The van der Waals surface area contributed by atoms with Crippen molar-refractivity contribution in [3.05, 3.63) is 57.4 Å².